The standard InChI is InChI=1S/C15H23NO3S/c1-15(2,17)11-16(3)20(18,19)14-9-8-12-6-4-5-7-13(12)10-14/h8-10,17H,4-7,11H2,1-3H3. The Bertz CT molecular complexity index is 588. The van der Waals surface area contributed by atoms with Gasteiger partial charge >= 0.3 is 0 Å². The number of aliphatic hydroxyl groups is 1. The van der Waals surface area contributed by atoms with Gasteiger partial charge in [-0.15, -0.1) is 0 Å². The zero-order valence-electron chi connectivity index (χ0n) is 12.4. The molecule has 0 unspecified atom stereocenters. The molecule has 0 amide bonds. The van der Waals surface area contributed by atoms with E-state index in [1.165, 1.54) is 23.3 Å². The van der Waals surface area contributed by atoms with Gasteiger partial charge in [0.1, 0.15) is 0 Å². The van der Waals surface area contributed by atoms with E-state index in [-0.39, 0.29) is 6.54 Å². The quantitative estimate of drug-likeness (QED) is 0.924. The summed E-state index contributed by atoms with van der Waals surface area (Å²) in [7, 11) is -2.03. The third-order valence-electron chi connectivity index (χ3n) is 3.64. The van der Waals surface area contributed by atoms with Gasteiger partial charge in [-0.1, -0.05) is 6.07 Å². The van der Waals surface area contributed by atoms with Crippen LogP contribution in [0.25, 0.3) is 0 Å². The van der Waals surface area contributed by atoms with E-state index in [1.807, 2.05) is 6.07 Å². The molecule has 0 atom stereocenters. The van der Waals surface area contributed by atoms with Gasteiger partial charge in [0.2, 0.25) is 10.0 Å². The van der Waals surface area contributed by atoms with Crippen molar-refractivity contribution in [2.75, 3.05) is 13.6 Å². The molecule has 5 heteroatoms. The number of hydrogen-bond acceptors (Lipinski definition) is 3. The minimum atomic E-state index is -3.53. The summed E-state index contributed by atoms with van der Waals surface area (Å²) in [5, 5.41) is 9.78. The highest BCUT2D eigenvalue weighted by Gasteiger charge is 2.27. The molecule has 0 bridgehead atoms. The molecule has 112 valence electrons. The van der Waals surface area contributed by atoms with Gasteiger partial charge in [0.15, 0.2) is 0 Å². The lowest BCUT2D eigenvalue weighted by Crippen LogP contribution is -2.39. The zero-order valence-corrected chi connectivity index (χ0v) is 13.2. The Labute approximate surface area is 121 Å². The average Bonchev–Trinajstić information content (AvgIpc) is 2.36. The van der Waals surface area contributed by atoms with Gasteiger partial charge in [-0.3, -0.25) is 0 Å². The number of aryl methyl sites for hydroxylation is 2. The minimum Gasteiger partial charge on any atom is -0.389 e. The lowest BCUT2D eigenvalue weighted by Gasteiger charge is -2.25. The van der Waals surface area contributed by atoms with Crippen LogP contribution in [0.1, 0.15) is 37.8 Å². The molecule has 4 nitrogen and oxygen atoms in total. The van der Waals surface area contributed by atoms with Crippen molar-refractivity contribution in [2.45, 2.75) is 50.0 Å². The van der Waals surface area contributed by atoms with Crippen molar-refractivity contribution in [2.24, 2.45) is 0 Å². The topological polar surface area (TPSA) is 57.6 Å². The molecule has 2 rings (SSSR count). The Hall–Kier alpha value is -0.910. The fourth-order valence-electron chi connectivity index (χ4n) is 2.68. The van der Waals surface area contributed by atoms with Gasteiger partial charge in [0, 0.05) is 13.6 Å². The van der Waals surface area contributed by atoms with Crippen LogP contribution in [0.3, 0.4) is 0 Å². The van der Waals surface area contributed by atoms with E-state index in [4.69, 9.17) is 0 Å². The first kappa shape index (κ1) is 15.5. The third-order valence-corrected chi connectivity index (χ3v) is 5.44. The van der Waals surface area contributed by atoms with Gasteiger partial charge < -0.3 is 5.11 Å². The second-order valence-corrected chi connectivity index (χ2v) is 8.26. The maximum atomic E-state index is 12.5. The lowest BCUT2D eigenvalue weighted by molar-refractivity contribution is 0.0640. The molecule has 1 aromatic rings. The van der Waals surface area contributed by atoms with E-state index in [9.17, 15) is 13.5 Å². The van der Waals surface area contributed by atoms with Crippen molar-refractivity contribution in [1.82, 2.24) is 4.31 Å². The largest absolute Gasteiger partial charge is 0.389 e. The van der Waals surface area contributed by atoms with Gasteiger partial charge in [-0.25, -0.2) is 8.42 Å². The van der Waals surface area contributed by atoms with E-state index in [1.54, 1.807) is 26.0 Å². The first-order valence-electron chi connectivity index (χ1n) is 7.01. The summed E-state index contributed by atoms with van der Waals surface area (Å²) in [4.78, 5) is 0.324. The molecular formula is C15H23NO3S. The molecule has 0 saturated carbocycles. The van der Waals surface area contributed by atoms with Gasteiger partial charge in [0.25, 0.3) is 0 Å². The van der Waals surface area contributed by atoms with Crippen molar-refractivity contribution >= 4 is 10.0 Å². The van der Waals surface area contributed by atoms with Crippen LogP contribution in [-0.4, -0.2) is 37.0 Å². The van der Waals surface area contributed by atoms with Crippen LogP contribution in [0, 0.1) is 0 Å². The summed E-state index contributed by atoms with van der Waals surface area (Å²) in [6.07, 6.45) is 4.29. The molecular weight excluding hydrogens is 274 g/mol. The van der Waals surface area contributed by atoms with Crippen molar-refractivity contribution in [3.8, 4) is 0 Å². The van der Waals surface area contributed by atoms with Crippen LogP contribution >= 0.6 is 0 Å². The van der Waals surface area contributed by atoms with Crippen LogP contribution in [0.4, 0.5) is 0 Å². The second kappa shape index (κ2) is 5.47. The molecule has 0 heterocycles. The highest BCUT2D eigenvalue weighted by atomic mass is 32.2. The predicted octanol–water partition coefficient (Wildman–Crippen LogP) is 1.96. The van der Waals surface area contributed by atoms with Crippen LogP contribution < -0.4 is 0 Å². The third kappa shape index (κ3) is 3.40. The fourth-order valence-corrected chi connectivity index (χ4v) is 4.06. The molecule has 1 aliphatic rings. The van der Waals surface area contributed by atoms with E-state index < -0.39 is 15.6 Å². The Kier molecular flexibility index (Phi) is 4.23. The van der Waals surface area contributed by atoms with Crippen LogP contribution in [0.2, 0.25) is 0 Å². The zero-order chi connectivity index (χ0) is 15.0. The normalized spacial score (nSPS) is 16.2. The first-order chi connectivity index (χ1) is 9.20. The maximum Gasteiger partial charge on any atom is 0.242 e. The summed E-state index contributed by atoms with van der Waals surface area (Å²) >= 11 is 0. The molecule has 1 aromatic carbocycles. The molecule has 1 aliphatic carbocycles. The minimum absolute atomic E-state index is 0.0758. The molecule has 20 heavy (non-hydrogen) atoms. The highest BCUT2D eigenvalue weighted by molar-refractivity contribution is 7.89. The summed E-state index contributed by atoms with van der Waals surface area (Å²) in [5.41, 5.74) is 1.37. The Morgan fingerprint density at radius 1 is 1.20 bits per heavy atom. The number of benzene rings is 1. The van der Waals surface area contributed by atoms with Crippen molar-refractivity contribution in [3.63, 3.8) is 0 Å². The number of sulfonamides is 1. The monoisotopic (exact) mass is 297 g/mol. The number of rotatable bonds is 4. The number of likely N-dealkylation sites (N-methyl/N-ethyl adjacent to an activating group) is 1. The molecule has 1 N–H and O–H groups in total. The predicted molar refractivity (Wildman–Crippen MR) is 79.2 cm³/mol. The molecule has 0 aromatic heterocycles. The lowest BCUT2D eigenvalue weighted by atomic mass is 9.92. The van der Waals surface area contributed by atoms with Gasteiger partial charge in [0.05, 0.1) is 10.5 Å². The number of nitrogens with zero attached hydrogens (tertiary/aromatic N) is 1. The first-order valence-corrected chi connectivity index (χ1v) is 8.45. The maximum absolute atomic E-state index is 12.5. The summed E-state index contributed by atoms with van der Waals surface area (Å²) < 4.78 is 26.2. The molecule has 0 aliphatic heterocycles. The molecule has 0 saturated heterocycles. The smallest absolute Gasteiger partial charge is 0.242 e. The fraction of sp³-hybridized carbons (Fsp3) is 0.600. The van der Waals surface area contributed by atoms with Crippen LogP contribution in [0.5, 0.6) is 0 Å². The van der Waals surface area contributed by atoms with E-state index in [0.29, 0.717) is 4.90 Å². The SMILES string of the molecule is CN(CC(C)(C)O)S(=O)(=O)c1ccc2c(c1)CCCC2. The summed E-state index contributed by atoms with van der Waals surface area (Å²) in [5.74, 6) is 0. The van der Waals surface area contributed by atoms with Crippen molar-refractivity contribution in [3.05, 3.63) is 29.3 Å². The second-order valence-electron chi connectivity index (χ2n) is 6.21. The number of fused-ring (bicyclic) bond motifs is 1. The van der Waals surface area contributed by atoms with E-state index in [0.717, 1.165) is 24.8 Å². The average molecular weight is 297 g/mol. The Morgan fingerprint density at radius 2 is 1.80 bits per heavy atom. The van der Waals surface area contributed by atoms with Crippen LogP contribution in [0.15, 0.2) is 23.1 Å². The van der Waals surface area contributed by atoms with Crippen LogP contribution in [-0.2, 0) is 22.9 Å². The molecule has 0 fully saturated rings. The van der Waals surface area contributed by atoms with E-state index >= 15 is 0 Å². The highest BCUT2D eigenvalue weighted by Crippen LogP contribution is 2.25. The van der Waals surface area contributed by atoms with Crippen molar-refractivity contribution in [1.29, 1.82) is 0 Å². The number of hydrogen-bond donors (Lipinski definition) is 1. The Balaban J connectivity index is 2.30. The Morgan fingerprint density at radius 3 is 2.40 bits per heavy atom. The summed E-state index contributed by atoms with van der Waals surface area (Å²) in [6.45, 7) is 3.28. The van der Waals surface area contributed by atoms with Gasteiger partial charge in [-0.05, 0) is 62.8 Å². The molecule has 0 spiro atoms. The van der Waals surface area contributed by atoms with Crippen molar-refractivity contribution < 1.29 is 13.5 Å². The summed E-state index contributed by atoms with van der Waals surface area (Å²) in [6, 6.07) is 5.41. The van der Waals surface area contributed by atoms with E-state index in [2.05, 4.69) is 0 Å². The van der Waals surface area contributed by atoms with Gasteiger partial charge in [-0.2, -0.15) is 4.31 Å². The molecule has 0 radical (unpaired) electrons.